The van der Waals surface area contributed by atoms with Crippen LogP contribution >= 0.6 is 15.9 Å². The van der Waals surface area contributed by atoms with E-state index in [1.807, 2.05) is 22.9 Å². The number of hydrogen-bond acceptors (Lipinski definition) is 4. The summed E-state index contributed by atoms with van der Waals surface area (Å²) in [5, 5.41) is 17.6. The molecule has 0 unspecified atom stereocenters. The smallest absolute Gasteiger partial charge is 0.335 e. The Morgan fingerprint density at radius 2 is 2.00 bits per heavy atom. The number of nitrogens with zero attached hydrogens (tertiary/aromatic N) is 2. The van der Waals surface area contributed by atoms with Crippen molar-refractivity contribution in [2.45, 2.75) is 19.3 Å². The first-order valence-corrected chi connectivity index (χ1v) is 9.91. The molecule has 3 aromatic rings. The number of hydrogen-bond donors (Lipinski definition) is 2. The van der Waals surface area contributed by atoms with Gasteiger partial charge < -0.3 is 15.2 Å². The highest BCUT2D eigenvalue weighted by atomic mass is 79.9. The molecular formula is C21H20BrN3O3. The maximum absolute atomic E-state index is 11.2. The van der Waals surface area contributed by atoms with Crippen molar-refractivity contribution in [2.24, 2.45) is 0 Å². The number of methoxy groups -OCH3 is 1. The van der Waals surface area contributed by atoms with Gasteiger partial charge in [0.25, 0.3) is 0 Å². The van der Waals surface area contributed by atoms with Crippen molar-refractivity contribution < 1.29 is 14.6 Å². The van der Waals surface area contributed by atoms with Gasteiger partial charge in [-0.05, 0) is 61.7 Å². The van der Waals surface area contributed by atoms with Crippen molar-refractivity contribution in [1.82, 2.24) is 9.78 Å². The molecule has 6 nitrogen and oxygen atoms in total. The molecule has 1 aliphatic heterocycles. The van der Waals surface area contributed by atoms with Crippen LogP contribution in [0.4, 0.5) is 5.82 Å². The van der Waals surface area contributed by atoms with Crippen molar-refractivity contribution in [1.29, 1.82) is 0 Å². The van der Waals surface area contributed by atoms with Crippen LogP contribution in [0.15, 0.2) is 46.9 Å². The number of carboxylic acid groups (broad SMARTS) is 1. The molecule has 1 aromatic heterocycles. The quantitative estimate of drug-likeness (QED) is 0.610. The van der Waals surface area contributed by atoms with Gasteiger partial charge in [-0.3, -0.25) is 0 Å². The first-order chi connectivity index (χ1) is 13.6. The number of halogens is 1. The van der Waals surface area contributed by atoms with Gasteiger partial charge in [0.2, 0.25) is 0 Å². The Morgan fingerprint density at radius 1 is 1.21 bits per heavy atom. The maximum Gasteiger partial charge on any atom is 0.335 e. The molecule has 0 saturated heterocycles. The SMILES string of the molecule is COc1ccc(Br)cc1-c1nn(-c2ccc(C(=O)O)cc2)c2c1CCCCN2. The summed E-state index contributed by atoms with van der Waals surface area (Å²) in [6.07, 6.45) is 3.08. The second-order valence-corrected chi connectivity index (χ2v) is 7.58. The number of ether oxygens (including phenoxy) is 1. The lowest BCUT2D eigenvalue weighted by Gasteiger charge is -2.09. The normalized spacial score (nSPS) is 13.4. The van der Waals surface area contributed by atoms with Crippen LogP contribution in [0.5, 0.6) is 5.75 Å². The van der Waals surface area contributed by atoms with Gasteiger partial charge in [0.05, 0.1) is 18.4 Å². The summed E-state index contributed by atoms with van der Waals surface area (Å²) in [7, 11) is 1.66. The van der Waals surface area contributed by atoms with Crippen LogP contribution in [-0.4, -0.2) is 34.5 Å². The zero-order chi connectivity index (χ0) is 19.7. The summed E-state index contributed by atoms with van der Waals surface area (Å²) in [5.74, 6) is 0.780. The summed E-state index contributed by atoms with van der Waals surface area (Å²) in [6.45, 7) is 0.876. The lowest BCUT2D eigenvalue weighted by molar-refractivity contribution is 0.0697. The number of fused-ring (bicyclic) bond motifs is 1. The van der Waals surface area contributed by atoms with E-state index in [9.17, 15) is 4.79 Å². The molecule has 2 heterocycles. The Morgan fingerprint density at radius 3 is 2.71 bits per heavy atom. The molecule has 0 spiro atoms. The number of nitrogens with one attached hydrogen (secondary N) is 1. The van der Waals surface area contributed by atoms with Crippen LogP contribution in [0.1, 0.15) is 28.8 Å². The fourth-order valence-corrected chi connectivity index (χ4v) is 3.88. The Balaban J connectivity index is 1.90. The van der Waals surface area contributed by atoms with Gasteiger partial charge in [0, 0.05) is 22.1 Å². The van der Waals surface area contributed by atoms with Gasteiger partial charge in [0.15, 0.2) is 0 Å². The first kappa shape index (κ1) is 18.6. The molecule has 1 aliphatic rings. The van der Waals surface area contributed by atoms with Crippen molar-refractivity contribution in [3.8, 4) is 22.7 Å². The van der Waals surface area contributed by atoms with Gasteiger partial charge in [0.1, 0.15) is 17.3 Å². The third-order valence-corrected chi connectivity index (χ3v) is 5.40. The molecule has 28 heavy (non-hydrogen) atoms. The summed E-state index contributed by atoms with van der Waals surface area (Å²) >= 11 is 3.55. The molecule has 7 heteroatoms. The van der Waals surface area contributed by atoms with E-state index >= 15 is 0 Å². The highest BCUT2D eigenvalue weighted by Gasteiger charge is 2.24. The third kappa shape index (κ3) is 3.38. The number of carboxylic acids is 1. The fraction of sp³-hybridized carbons (Fsp3) is 0.238. The third-order valence-electron chi connectivity index (χ3n) is 4.90. The van der Waals surface area contributed by atoms with Gasteiger partial charge >= 0.3 is 5.97 Å². The van der Waals surface area contributed by atoms with E-state index in [1.54, 1.807) is 31.4 Å². The number of benzene rings is 2. The molecule has 0 fully saturated rings. The Labute approximate surface area is 171 Å². The molecule has 4 rings (SSSR count). The number of anilines is 1. The molecule has 0 atom stereocenters. The van der Waals surface area contributed by atoms with Crippen LogP contribution in [0.25, 0.3) is 16.9 Å². The molecule has 2 aromatic carbocycles. The van der Waals surface area contributed by atoms with E-state index in [2.05, 4.69) is 21.2 Å². The molecule has 2 N–H and O–H groups in total. The summed E-state index contributed by atoms with van der Waals surface area (Å²) in [5.41, 5.74) is 4.03. The molecule has 0 amide bonds. The number of aromatic carboxylic acids is 1. The average molecular weight is 442 g/mol. The minimum Gasteiger partial charge on any atom is -0.496 e. The summed E-state index contributed by atoms with van der Waals surface area (Å²) < 4.78 is 8.40. The largest absolute Gasteiger partial charge is 0.496 e. The van der Waals surface area contributed by atoms with Gasteiger partial charge in [-0.25, -0.2) is 9.48 Å². The standard InChI is InChI=1S/C21H20BrN3O3/c1-28-18-10-7-14(22)12-17(18)19-16-4-2-3-11-23-20(16)25(24-19)15-8-5-13(6-9-15)21(26)27/h5-10,12,23H,2-4,11H2,1H3,(H,26,27). The summed E-state index contributed by atoms with van der Waals surface area (Å²) in [4.78, 5) is 11.2. The van der Waals surface area contributed by atoms with Gasteiger partial charge in [-0.15, -0.1) is 0 Å². The van der Waals surface area contributed by atoms with E-state index in [-0.39, 0.29) is 5.56 Å². The molecule has 0 bridgehead atoms. The van der Waals surface area contributed by atoms with Crippen molar-refractivity contribution in [2.75, 3.05) is 19.0 Å². The van der Waals surface area contributed by atoms with Gasteiger partial charge in [-0.2, -0.15) is 5.10 Å². The van der Waals surface area contributed by atoms with Crippen molar-refractivity contribution in [3.05, 3.63) is 58.1 Å². The predicted octanol–water partition coefficient (Wildman–Crippen LogP) is 4.76. The zero-order valence-corrected chi connectivity index (χ0v) is 17.0. The van der Waals surface area contributed by atoms with E-state index in [1.165, 1.54) is 0 Å². The van der Waals surface area contributed by atoms with Crippen LogP contribution in [0.2, 0.25) is 0 Å². The van der Waals surface area contributed by atoms with Crippen molar-refractivity contribution in [3.63, 3.8) is 0 Å². The Kier molecular flexibility index (Phi) is 5.09. The van der Waals surface area contributed by atoms with Gasteiger partial charge in [-0.1, -0.05) is 15.9 Å². The van der Waals surface area contributed by atoms with E-state index in [4.69, 9.17) is 14.9 Å². The second kappa shape index (κ2) is 7.67. The lowest BCUT2D eigenvalue weighted by Crippen LogP contribution is -2.07. The fourth-order valence-electron chi connectivity index (χ4n) is 3.52. The molecule has 144 valence electrons. The number of aromatic nitrogens is 2. The Bertz CT molecular complexity index is 1030. The second-order valence-electron chi connectivity index (χ2n) is 6.67. The van der Waals surface area contributed by atoms with Crippen LogP contribution in [-0.2, 0) is 6.42 Å². The Hall–Kier alpha value is -2.80. The van der Waals surface area contributed by atoms with Crippen LogP contribution < -0.4 is 10.1 Å². The van der Waals surface area contributed by atoms with Crippen LogP contribution in [0.3, 0.4) is 0 Å². The molecule has 0 aliphatic carbocycles. The number of rotatable bonds is 4. The van der Waals surface area contributed by atoms with E-state index < -0.39 is 5.97 Å². The minimum absolute atomic E-state index is 0.254. The molecular weight excluding hydrogens is 422 g/mol. The zero-order valence-electron chi connectivity index (χ0n) is 15.4. The highest BCUT2D eigenvalue weighted by molar-refractivity contribution is 9.10. The minimum atomic E-state index is -0.941. The summed E-state index contributed by atoms with van der Waals surface area (Å²) in [6, 6.07) is 12.7. The van der Waals surface area contributed by atoms with Crippen molar-refractivity contribution >= 4 is 27.7 Å². The highest BCUT2D eigenvalue weighted by Crippen LogP contribution is 2.39. The molecule has 0 radical (unpaired) electrons. The molecule has 0 saturated carbocycles. The number of carbonyl (C=O) groups is 1. The maximum atomic E-state index is 11.2. The predicted molar refractivity (Wildman–Crippen MR) is 112 cm³/mol. The topological polar surface area (TPSA) is 76.4 Å². The van der Waals surface area contributed by atoms with E-state index in [0.29, 0.717) is 0 Å². The lowest BCUT2D eigenvalue weighted by atomic mass is 10.0. The average Bonchev–Trinajstić information content (AvgIpc) is 2.88. The van der Waals surface area contributed by atoms with E-state index in [0.717, 1.165) is 64.4 Å². The monoisotopic (exact) mass is 441 g/mol. The first-order valence-electron chi connectivity index (χ1n) is 9.12. The van der Waals surface area contributed by atoms with Crippen LogP contribution in [0, 0.1) is 0 Å².